The van der Waals surface area contributed by atoms with Gasteiger partial charge in [-0.3, -0.25) is 4.79 Å². The molecule has 27 heavy (non-hydrogen) atoms. The Labute approximate surface area is 156 Å². The number of sulfonamides is 1. The van der Waals surface area contributed by atoms with Crippen molar-refractivity contribution in [2.45, 2.75) is 4.90 Å². The van der Waals surface area contributed by atoms with Crippen LogP contribution >= 0.6 is 0 Å². The summed E-state index contributed by atoms with van der Waals surface area (Å²) in [5.41, 5.74) is 0.533. The van der Waals surface area contributed by atoms with Crippen LogP contribution in [-0.2, 0) is 14.8 Å². The van der Waals surface area contributed by atoms with E-state index in [1.165, 1.54) is 45.5 Å². The number of carbonyl (C=O) groups excluding carboxylic acids is 1. The smallest absolute Gasteiger partial charge is 0.248 e. The molecular weight excluding hydrogens is 378 g/mol. The van der Waals surface area contributed by atoms with E-state index >= 15 is 0 Å². The zero-order valence-corrected chi connectivity index (χ0v) is 15.7. The second-order valence-corrected chi connectivity index (χ2v) is 7.77. The molecule has 0 unspecified atom stereocenters. The fourth-order valence-corrected chi connectivity index (χ4v) is 3.21. The number of nitrogens with zero attached hydrogens (tertiary/aromatic N) is 1. The number of hydrogen-bond acceptors (Lipinski definition) is 4. The average molecular weight is 396 g/mol. The van der Waals surface area contributed by atoms with Crippen LogP contribution in [0.4, 0.5) is 14.5 Å². The van der Waals surface area contributed by atoms with Crippen molar-refractivity contribution in [1.29, 1.82) is 0 Å². The number of carbonyl (C=O) groups is 1. The molecule has 0 aliphatic heterocycles. The molecule has 144 valence electrons. The third kappa shape index (κ3) is 4.89. The van der Waals surface area contributed by atoms with Gasteiger partial charge in [0, 0.05) is 31.9 Å². The Morgan fingerprint density at radius 1 is 1.11 bits per heavy atom. The summed E-state index contributed by atoms with van der Waals surface area (Å²) in [5.74, 6) is -2.51. The second-order valence-electron chi connectivity index (χ2n) is 5.65. The lowest BCUT2D eigenvalue weighted by atomic mass is 10.2. The van der Waals surface area contributed by atoms with E-state index in [0.29, 0.717) is 5.56 Å². The van der Waals surface area contributed by atoms with Gasteiger partial charge >= 0.3 is 0 Å². The predicted molar refractivity (Wildman–Crippen MR) is 97.9 cm³/mol. The molecule has 2 rings (SSSR count). The Kier molecular flexibility index (Phi) is 6.29. The van der Waals surface area contributed by atoms with Crippen LogP contribution in [-0.4, -0.2) is 39.8 Å². The molecule has 2 aromatic rings. The first-order valence-corrected chi connectivity index (χ1v) is 9.14. The van der Waals surface area contributed by atoms with Crippen LogP contribution in [0.3, 0.4) is 0 Å². The lowest BCUT2D eigenvalue weighted by Gasteiger charge is -2.15. The number of benzene rings is 2. The number of methoxy groups -OCH3 is 1. The molecule has 0 saturated heterocycles. The van der Waals surface area contributed by atoms with Crippen molar-refractivity contribution in [1.82, 2.24) is 4.31 Å². The van der Waals surface area contributed by atoms with Gasteiger partial charge in [-0.1, -0.05) is 6.07 Å². The largest absolute Gasteiger partial charge is 0.495 e. The van der Waals surface area contributed by atoms with Crippen molar-refractivity contribution in [3.8, 4) is 5.75 Å². The number of rotatable bonds is 6. The molecule has 6 nitrogen and oxygen atoms in total. The fraction of sp³-hybridized carbons (Fsp3) is 0.167. The number of hydrogen-bond donors (Lipinski definition) is 1. The van der Waals surface area contributed by atoms with Crippen molar-refractivity contribution in [3.05, 3.63) is 59.7 Å². The zero-order valence-electron chi connectivity index (χ0n) is 14.9. The number of halogens is 2. The van der Waals surface area contributed by atoms with Gasteiger partial charge in [0.1, 0.15) is 10.6 Å². The fourth-order valence-electron chi connectivity index (χ4n) is 2.12. The molecule has 0 fully saturated rings. The highest BCUT2D eigenvalue weighted by atomic mass is 32.2. The maximum Gasteiger partial charge on any atom is 0.248 e. The molecule has 0 spiro atoms. The van der Waals surface area contributed by atoms with Crippen LogP contribution in [0.25, 0.3) is 6.08 Å². The van der Waals surface area contributed by atoms with E-state index in [9.17, 15) is 22.0 Å². The van der Waals surface area contributed by atoms with E-state index in [-0.39, 0.29) is 16.3 Å². The molecule has 1 N–H and O–H groups in total. The van der Waals surface area contributed by atoms with E-state index in [1.807, 2.05) is 0 Å². The molecule has 0 aliphatic carbocycles. The molecule has 2 aromatic carbocycles. The van der Waals surface area contributed by atoms with Crippen LogP contribution < -0.4 is 10.1 Å². The summed E-state index contributed by atoms with van der Waals surface area (Å²) in [6, 6.07) is 7.40. The van der Waals surface area contributed by atoms with Crippen molar-refractivity contribution in [3.63, 3.8) is 0 Å². The van der Waals surface area contributed by atoms with Crippen molar-refractivity contribution < 1.29 is 26.7 Å². The van der Waals surface area contributed by atoms with Crippen molar-refractivity contribution in [2.24, 2.45) is 0 Å². The van der Waals surface area contributed by atoms with Crippen LogP contribution in [0.1, 0.15) is 5.56 Å². The third-order valence-corrected chi connectivity index (χ3v) is 5.40. The maximum atomic E-state index is 13.2. The lowest BCUT2D eigenvalue weighted by Crippen LogP contribution is -2.22. The van der Waals surface area contributed by atoms with Gasteiger partial charge in [-0.05, 0) is 35.9 Å². The van der Waals surface area contributed by atoms with Crippen LogP contribution in [0.5, 0.6) is 5.75 Å². The summed E-state index contributed by atoms with van der Waals surface area (Å²) < 4.78 is 56.9. The molecule has 0 atom stereocenters. The van der Waals surface area contributed by atoms with Crippen LogP contribution in [0.15, 0.2) is 47.4 Å². The Balaban J connectivity index is 2.23. The van der Waals surface area contributed by atoms with E-state index < -0.39 is 27.6 Å². The van der Waals surface area contributed by atoms with Gasteiger partial charge in [0.05, 0.1) is 7.11 Å². The highest BCUT2D eigenvalue weighted by Crippen LogP contribution is 2.27. The number of anilines is 1. The minimum Gasteiger partial charge on any atom is -0.495 e. The number of amides is 1. The highest BCUT2D eigenvalue weighted by Gasteiger charge is 2.22. The minimum absolute atomic E-state index is 0.0434. The Morgan fingerprint density at radius 3 is 2.41 bits per heavy atom. The monoisotopic (exact) mass is 396 g/mol. The molecule has 0 aromatic heterocycles. The molecule has 0 bridgehead atoms. The first-order chi connectivity index (χ1) is 12.6. The molecule has 0 saturated carbocycles. The van der Waals surface area contributed by atoms with Crippen LogP contribution in [0.2, 0.25) is 0 Å². The second kappa shape index (κ2) is 8.28. The van der Waals surface area contributed by atoms with Crippen LogP contribution in [0, 0.1) is 11.6 Å². The maximum absolute atomic E-state index is 13.2. The quantitative estimate of drug-likeness (QED) is 0.762. The van der Waals surface area contributed by atoms with Crippen molar-refractivity contribution in [2.75, 3.05) is 26.5 Å². The predicted octanol–water partition coefficient (Wildman–Crippen LogP) is 2.88. The van der Waals surface area contributed by atoms with Gasteiger partial charge in [-0.2, -0.15) is 0 Å². The first-order valence-electron chi connectivity index (χ1n) is 7.70. The summed E-state index contributed by atoms with van der Waals surface area (Å²) in [5, 5.41) is 2.38. The van der Waals surface area contributed by atoms with Gasteiger partial charge in [0.25, 0.3) is 0 Å². The Morgan fingerprint density at radius 2 is 1.81 bits per heavy atom. The van der Waals surface area contributed by atoms with Gasteiger partial charge in [0.15, 0.2) is 11.6 Å². The Bertz CT molecular complexity index is 989. The highest BCUT2D eigenvalue weighted by molar-refractivity contribution is 7.89. The summed E-state index contributed by atoms with van der Waals surface area (Å²) in [6.45, 7) is 0. The summed E-state index contributed by atoms with van der Waals surface area (Å²) in [6.07, 6.45) is 2.54. The standard InChI is InChI=1S/C18H18F2N2O4S/c1-22(2)27(24,25)17-10-12(4-8-16(17)26-3)5-9-18(23)21-13-6-7-14(19)15(20)11-13/h4-11H,1-3H3,(H,21,23)/b9-5+. The van der Waals surface area contributed by atoms with E-state index in [1.54, 1.807) is 6.07 Å². The number of ether oxygens (including phenoxy) is 1. The summed E-state index contributed by atoms with van der Waals surface area (Å²) in [7, 11) is 0.405. The van der Waals surface area contributed by atoms with Gasteiger partial charge in [-0.25, -0.2) is 21.5 Å². The van der Waals surface area contributed by atoms with Gasteiger partial charge in [0.2, 0.25) is 15.9 Å². The van der Waals surface area contributed by atoms with Crippen molar-refractivity contribution >= 4 is 27.7 Å². The minimum atomic E-state index is -3.74. The summed E-state index contributed by atoms with van der Waals surface area (Å²) >= 11 is 0. The third-order valence-electron chi connectivity index (χ3n) is 3.56. The van der Waals surface area contributed by atoms with E-state index in [0.717, 1.165) is 22.5 Å². The first kappa shape index (κ1) is 20.5. The Hall–Kier alpha value is -2.78. The SMILES string of the molecule is COc1ccc(/C=C/C(=O)Nc2ccc(F)c(F)c2)cc1S(=O)(=O)N(C)C. The molecule has 1 amide bonds. The topological polar surface area (TPSA) is 75.7 Å². The van der Waals surface area contributed by atoms with E-state index in [2.05, 4.69) is 5.32 Å². The molecule has 0 radical (unpaired) electrons. The normalized spacial score (nSPS) is 11.8. The zero-order chi connectivity index (χ0) is 20.2. The molecule has 9 heteroatoms. The molecular formula is C18H18F2N2O4S. The average Bonchev–Trinajstić information content (AvgIpc) is 2.62. The molecule has 0 aliphatic rings. The summed E-state index contributed by atoms with van der Waals surface area (Å²) in [4.78, 5) is 11.9. The lowest BCUT2D eigenvalue weighted by molar-refractivity contribution is -0.111. The van der Waals surface area contributed by atoms with Gasteiger partial charge < -0.3 is 10.1 Å². The van der Waals surface area contributed by atoms with Gasteiger partial charge in [-0.15, -0.1) is 0 Å². The number of nitrogens with one attached hydrogen (secondary N) is 1. The molecule has 0 heterocycles. The van der Waals surface area contributed by atoms with E-state index in [4.69, 9.17) is 4.74 Å².